The summed E-state index contributed by atoms with van der Waals surface area (Å²) in [6, 6.07) is 28.4. The summed E-state index contributed by atoms with van der Waals surface area (Å²) in [7, 11) is 0. The van der Waals surface area contributed by atoms with Crippen molar-refractivity contribution in [2.75, 3.05) is 6.54 Å². The molecule has 0 aliphatic rings. The molecule has 0 atom stereocenters. The van der Waals surface area contributed by atoms with E-state index in [9.17, 15) is 0 Å². The van der Waals surface area contributed by atoms with E-state index >= 15 is 0 Å². The van der Waals surface area contributed by atoms with Crippen molar-refractivity contribution in [2.24, 2.45) is 5.73 Å². The molecule has 0 spiro atoms. The van der Waals surface area contributed by atoms with Crippen LogP contribution in [0.15, 0.2) is 106 Å². The van der Waals surface area contributed by atoms with Crippen LogP contribution in [0.3, 0.4) is 0 Å². The molecule has 0 bridgehead atoms. The fourth-order valence-electron chi connectivity index (χ4n) is 4.30. The zero-order valence-corrected chi connectivity index (χ0v) is 23.8. The molecule has 4 aromatic heterocycles. The van der Waals surface area contributed by atoms with Crippen molar-refractivity contribution < 1.29 is 0 Å². The van der Waals surface area contributed by atoms with E-state index in [0.29, 0.717) is 12.4 Å². The molecule has 0 fully saturated rings. The molecule has 2 aromatic carbocycles. The van der Waals surface area contributed by atoms with Gasteiger partial charge in [0.2, 0.25) is 0 Å². The second kappa shape index (κ2) is 11.6. The van der Waals surface area contributed by atoms with Gasteiger partial charge in [-0.3, -0.25) is 0 Å². The van der Waals surface area contributed by atoms with Gasteiger partial charge in [0.25, 0.3) is 0 Å². The van der Waals surface area contributed by atoms with Gasteiger partial charge in [-0.1, -0.05) is 92.5 Å². The molecule has 186 valence electrons. The summed E-state index contributed by atoms with van der Waals surface area (Å²) in [5, 5.41) is 0. The van der Waals surface area contributed by atoms with Gasteiger partial charge in [-0.2, -0.15) is 0 Å². The van der Waals surface area contributed by atoms with Crippen molar-refractivity contribution in [1.82, 2.24) is 18.8 Å². The van der Waals surface area contributed by atoms with Crippen molar-refractivity contribution in [2.45, 2.75) is 12.3 Å². The summed E-state index contributed by atoms with van der Waals surface area (Å²) in [5.41, 5.74) is 13.9. The Hall–Kier alpha value is -2.97. The first-order valence-electron chi connectivity index (χ1n) is 11.8. The van der Waals surface area contributed by atoms with E-state index in [-0.39, 0.29) is 0 Å². The maximum absolute atomic E-state index is 6.07. The Bertz CT molecular complexity index is 1650. The van der Waals surface area contributed by atoms with Gasteiger partial charge in [0.05, 0.1) is 28.7 Å². The van der Waals surface area contributed by atoms with Crippen molar-refractivity contribution in [3.63, 3.8) is 0 Å². The predicted octanol–water partition coefficient (Wildman–Crippen LogP) is 7.77. The summed E-state index contributed by atoms with van der Waals surface area (Å²) < 4.78 is 6.18. The quantitative estimate of drug-likeness (QED) is 0.197. The Kier molecular flexibility index (Phi) is 8.05. The molecule has 2 N–H and O–H groups in total. The van der Waals surface area contributed by atoms with Crippen LogP contribution in [0.1, 0.15) is 11.4 Å². The summed E-state index contributed by atoms with van der Waals surface area (Å²) in [4.78, 5) is 9.40. The minimum absolute atomic E-state index is 0.438. The Labute approximate surface area is 237 Å². The molecule has 37 heavy (non-hydrogen) atoms. The number of rotatable bonds is 5. The number of nitrogens with zero attached hydrogens (tertiary/aromatic N) is 4. The number of aromatic nitrogens is 4. The number of benzene rings is 2. The lowest BCUT2D eigenvalue weighted by Crippen LogP contribution is -2.06. The minimum atomic E-state index is 0.438. The van der Waals surface area contributed by atoms with Crippen LogP contribution in [0.4, 0.5) is 0 Å². The fraction of sp³-hybridized carbons (Fsp3) is 0.103. The summed E-state index contributed by atoms with van der Waals surface area (Å²) in [5.74, 6) is 0.438. The largest absolute Gasteiger partial charge is 0.330 e. The summed E-state index contributed by atoms with van der Waals surface area (Å²) in [6.45, 7) is 0.615. The number of halogens is 3. The molecule has 0 saturated heterocycles. The maximum Gasteiger partial charge on any atom is 0.138 e. The Balaban J connectivity index is 0.000000152. The standard InChI is InChI=1S/C15H14BrN3.C14H10BrClN2/c16-12-7-9-19-13(6-8-17)15(18-14(19)10-12)11-4-2-1-3-5-11;15-11-6-7-18-12(9-16)14(17-13(18)8-11)10-4-2-1-3-5-10/h1-5,7,9-10H,6,8,17H2;1-8H,9H2. The van der Waals surface area contributed by atoms with Crippen molar-refractivity contribution >= 4 is 54.8 Å². The van der Waals surface area contributed by atoms with Crippen LogP contribution in [-0.2, 0) is 12.3 Å². The number of nitrogens with two attached hydrogens (primary N) is 1. The van der Waals surface area contributed by atoms with Crippen LogP contribution in [0.5, 0.6) is 0 Å². The van der Waals surface area contributed by atoms with Gasteiger partial charge in [0, 0.05) is 38.9 Å². The first-order chi connectivity index (χ1) is 18.1. The highest BCUT2D eigenvalue weighted by Gasteiger charge is 2.14. The van der Waals surface area contributed by atoms with Crippen LogP contribution < -0.4 is 5.73 Å². The highest BCUT2D eigenvalue weighted by atomic mass is 79.9. The molecular weight excluding hydrogens is 614 g/mol. The molecule has 5 nitrogen and oxygen atoms in total. The van der Waals surface area contributed by atoms with Gasteiger partial charge in [-0.25, -0.2) is 9.97 Å². The van der Waals surface area contributed by atoms with Crippen molar-refractivity contribution in [3.05, 3.63) is 118 Å². The Morgan fingerprint density at radius 3 is 1.59 bits per heavy atom. The normalized spacial score (nSPS) is 11.0. The Morgan fingerprint density at radius 2 is 1.14 bits per heavy atom. The fourth-order valence-corrected chi connectivity index (χ4v) is 5.20. The van der Waals surface area contributed by atoms with E-state index in [1.807, 2.05) is 89.6 Å². The number of hydrogen-bond donors (Lipinski definition) is 1. The first kappa shape index (κ1) is 25.7. The van der Waals surface area contributed by atoms with Crippen LogP contribution in [0.2, 0.25) is 0 Å². The van der Waals surface area contributed by atoms with Gasteiger partial charge in [0.1, 0.15) is 11.3 Å². The Morgan fingerprint density at radius 1 is 0.676 bits per heavy atom. The first-order valence-corrected chi connectivity index (χ1v) is 13.9. The summed E-state index contributed by atoms with van der Waals surface area (Å²) >= 11 is 13.0. The highest BCUT2D eigenvalue weighted by Crippen LogP contribution is 2.27. The molecule has 4 heterocycles. The zero-order valence-electron chi connectivity index (χ0n) is 19.9. The van der Waals surface area contributed by atoms with Crippen molar-refractivity contribution in [1.29, 1.82) is 0 Å². The third-order valence-electron chi connectivity index (χ3n) is 5.98. The summed E-state index contributed by atoms with van der Waals surface area (Å²) in [6.07, 6.45) is 4.83. The van der Waals surface area contributed by atoms with Gasteiger partial charge in [-0.05, 0) is 30.8 Å². The third-order valence-corrected chi connectivity index (χ3v) is 7.22. The molecule has 0 unspecified atom stereocenters. The SMILES string of the molecule is ClCc1c(-c2ccccc2)nc2cc(Br)ccn12.NCCc1c(-c2ccccc2)nc2cc(Br)ccn12. The van der Waals surface area contributed by atoms with E-state index in [4.69, 9.17) is 22.3 Å². The van der Waals surface area contributed by atoms with E-state index < -0.39 is 0 Å². The second-order valence-corrected chi connectivity index (χ2v) is 10.5. The number of fused-ring (bicyclic) bond motifs is 2. The van der Waals surface area contributed by atoms with Crippen LogP contribution in [0, 0.1) is 0 Å². The number of pyridine rings is 2. The van der Waals surface area contributed by atoms with E-state index in [2.05, 4.69) is 53.4 Å². The average Bonchev–Trinajstić information content (AvgIpc) is 3.47. The lowest BCUT2D eigenvalue weighted by molar-refractivity contribution is 0.906. The molecule has 0 radical (unpaired) electrons. The number of alkyl halides is 1. The molecule has 0 aliphatic carbocycles. The average molecular weight is 638 g/mol. The van der Waals surface area contributed by atoms with Gasteiger partial charge < -0.3 is 14.5 Å². The molecule has 6 aromatic rings. The highest BCUT2D eigenvalue weighted by molar-refractivity contribution is 9.10. The minimum Gasteiger partial charge on any atom is -0.330 e. The lowest BCUT2D eigenvalue weighted by Gasteiger charge is -2.03. The van der Waals surface area contributed by atoms with E-state index in [1.54, 1.807) is 0 Å². The van der Waals surface area contributed by atoms with Gasteiger partial charge >= 0.3 is 0 Å². The second-order valence-electron chi connectivity index (χ2n) is 8.36. The van der Waals surface area contributed by atoms with Gasteiger partial charge in [-0.15, -0.1) is 11.6 Å². The topological polar surface area (TPSA) is 60.6 Å². The molecule has 8 heteroatoms. The number of hydrogen-bond acceptors (Lipinski definition) is 3. The molecular formula is C29H24Br2ClN5. The van der Waals surface area contributed by atoms with Crippen LogP contribution >= 0.6 is 43.5 Å². The molecule has 6 rings (SSSR count). The molecule has 0 saturated carbocycles. The number of imidazole rings is 2. The van der Waals surface area contributed by atoms with Crippen molar-refractivity contribution in [3.8, 4) is 22.5 Å². The van der Waals surface area contributed by atoms with Gasteiger partial charge in [0.15, 0.2) is 0 Å². The van der Waals surface area contributed by atoms with E-state index in [1.165, 1.54) is 0 Å². The van der Waals surface area contributed by atoms with E-state index in [0.717, 1.165) is 60.6 Å². The zero-order chi connectivity index (χ0) is 25.8. The monoisotopic (exact) mass is 635 g/mol. The van der Waals surface area contributed by atoms with Crippen LogP contribution in [0.25, 0.3) is 33.8 Å². The maximum atomic E-state index is 6.07. The lowest BCUT2D eigenvalue weighted by atomic mass is 10.1. The van der Waals surface area contributed by atoms with Crippen LogP contribution in [-0.4, -0.2) is 25.3 Å². The molecule has 0 aliphatic heterocycles. The predicted molar refractivity (Wildman–Crippen MR) is 159 cm³/mol. The smallest absolute Gasteiger partial charge is 0.138 e. The molecule has 0 amide bonds. The third kappa shape index (κ3) is 5.50.